The summed E-state index contributed by atoms with van der Waals surface area (Å²) in [5, 5.41) is 0. The van der Waals surface area contributed by atoms with Crippen LogP contribution in [-0.2, 0) is 11.8 Å². The number of rotatable bonds is 5. The Balaban J connectivity index is 1.66. The van der Waals surface area contributed by atoms with Gasteiger partial charge in [0.2, 0.25) is 11.7 Å². The molecule has 8 heteroatoms. The summed E-state index contributed by atoms with van der Waals surface area (Å²) < 4.78 is 1.68. The topological polar surface area (TPSA) is 120 Å². The van der Waals surface area contributed by atoms with Gasteiger partial charge in [0, 0.05) is 36.0 Å². The Labute approximate surface area is 159 Å². The van der Waals surface area contributed by atoms with Gasteiger partial charge in [0.15, 0.2) is 5.65 Å². The van der Waals surface area contributed by atoms with Crippen molar-refractivity contribution in [3.05, 3.63) is 72.1 Å². The zero-order valence-electron chi connectivity index (χ0n) is 15.0. The highest BCUT2D eigenvalue weighted by molar-refractivity contribution is 6.08. The SMILES string of the molecule is Cn1cncc1C(=O)c1ccc(-c2cnc3[nH]cc(C=CC(N)=O)c3n2)cc1. The van der Waals surface area contributed by atoms with Gasteiger partial charge in [-0.15, -0.1) is 0 Å². The Kier molecular flexibility index (Phi) is 4.29. The minimum Gasteiger partial charge on any atom is -0.366 e. The van der Waals surface area contributed by atoms with Crippen LogP contribution in [0.4, 0.5) is 0 Å². The summed E-state index contributed by atoms with van der Waals surface area (Å²) >= 11 is 0. The van der Waals surface area contributed by atoms with Gasteiger partial charge < -0.3 is 15.3 Å². The Morgan fingerprint density at radius 1 is 1.18 bits per heavy atom. The highest BCUT2D eigenvalue weighted by Gasteiger charge is 2.13. The summed E-state index contributed by atoms with van der Waals surface area (Å²) in [6, 6.07) is 7.15. The molecule has 138 valence electrons. The lowest BCUT2D eigenvalue weighted by molar-refractivity contribution is -0.113. The number of benzene rings is 1. The summed E-state index contributed by atoms with van der Waals surface area (Å²) in [5.74, 6) is -0.635. The first-order valence-corrected chi connectivity index (χ1v) is 8.46. The van der Waals surface area contributed by atoms with E-state index in [0.29, 0.717) is 33.7 Å². The molecule has 0 aliphatic carbocycles. The number of amides is 1. The highest BCUT2D eigenvalue weighted by Crippen LogP contribution is 2.22. The van der Waals surface area contributed by atoms with E-state index in [0.717, 1.165) is 5.56 Å². The summed E-state index contributed by atoms with van der Waals surface area (Å²) in [6.45, 7) is 0. The molecular weight excluding hydrogens is 356 g/mol. The molecule has 8 nitrogen and oxygen atoms in total. The zero-order chi connectivity index (χ0) is 19.7. The van der Waals surface area contributed by atoms with E-state index in [2.05, 4.69) is 19.9 Å². The van der Waals surface area contributed by atoms with Crippen LogP contribution in [0.3, 0.4) is 0 Å². The average molecular weight is 372 g/mol. The van der Waals surface area contributed by atoms with Crippen LogP contribution >= 0.6 is 0 Å². The van der Waals surface area contributed by atoms with Gasteiger partial charge in [-0.05, 0) is 6.08 Å². The minimum atomic E-state index is -0.535. The van der Waals surface area contributed by atoms with E-state index in [9.17, 15) is 9.59 Å². The third kappa shape index (κ3) is 3.18. The first-order chi connectivity index (χ1) is 13.5. The number of hydrogen-bond acceptors (Lipinski definition) is 5. The maximum Gasteiger partial charge on any atom is 0.241 e. The second kappa shape index (κ2) is 6.92. The van der Waals surface area contributed by atoms with Crippen LogP contribution in [0.2, 0.25) is 0 Å². The number of fused-ring (bicyclic) bond motifs is 1. The van der Waals surface area contributed by atoms with E-state index in [4.69, 9.17) is 5.73 Å². The van der Waals surface area contributed by atoms with Crippen molar-refractivity contribution in [1.29, 1.82) is 0 Å². The molecule has 0 bridgehead atoms. The normalized spacial score (nSPS) is 11.3. The molecule has 4 rings (SSSR count). The van der Waals surface area contributed by atoms with Gasteiger partial charge >= 0.3 is 0 Å². The standard InChI is InChI=1S/C20H16N6O2/c1-26-11-22-10-16(26)19(28)13-4-2-12(3-5-13)15-9-24-20-18(25-15)14(8-23-20)6-7-17(21)27/h2-11H,1H3,(H2,21,27)(H,23,24). The molecule has 0 unspecified atom stereocenters. The second-order valence-electron chi connectivity index (χ2n) is 6.23. The second-order valence-corrected chi connectivity index (χ2v) is 6.23. The number of aromatic nitrogens is 5. The maximum absolute atomic E-state index is 12.5. The number of nitrogens with one attached hydrogen (secondary N) is 1. The number of nitrogens with zero attached hydrogens (tertiary/aromatic N) is 4. The first-order valence-electron chi connectivity index (χ1n) is 8.46. The van der Waals surface area contributed by atoms with Crippen molar-refractivity contribution in [1.82, 2.24) is 24.5 Å². The van der Waals surface area contributed by atoms with Crippen LogP contribution < -0.4 is 5.73 Å². The number of carbonyl (C=O) groups excluding carboxylic acids is 2. The van der Waals surface area contributed by atoms with E-state index >= 15 is 0 Å². The minimum absolute atomic E-state index is 0.0994. The molecule has 0 radical (unpaired) electrons. The Bertz CT molecular complexity index is 1220. The number of aromatic amines is 1. The third-order valence-corrected chi connectivity index (χ3v) is 4.33. The van der Waals surface area contributed by atoms with Gasteiger partial charge in [0.25, 0.3) is 0 Å². The van der Waals surface area contributed by atoms with Gasteiger partial charge in [-0.3, -0.25) is 9.59 Å². The van der Waals surface area contributed by atoms with Crippen molar-refractivity contribution < 1.29 is 9.59 Å². The summed E-state index contributed by atoms with van der Waals surface area (Å²) in [5.41, 5.74) is 9.66. The number of primary amides is 1. The monoisotopic (exact) mass is 372 g/mol. The molecule has 4 aromatic rings. The Hall–Kier alpha value is -4.07. The van der Waals surface area contributed by atoms with E-state index in [1.165, 1.54) is 6.08 Å². The molecule has 3 aromatic heterocycles. The predicted molar refractivity (Wildman–Crippen MR) is 104 cm³/mol. The van der Waals surface area contributed by atoms with E-state index in [1.54, 1.807) is 54.7 Å². The molecular formula is C20H16N6O2. The lowest BCUT2D eigenvalue weighted by atomic mass is 10.0. The van der Waals surface area contributed by atoms with Gasteiger partial charge in [-0.1, -0.05) is 24.3 Å². The number of nitrogens with two attached hydrogens (primary N) is 1. The van der Waals surface area contributed by atoms with Crippen molar-refractivity contribution in [2.75, 3.05) is 0 Å². The lowest BCUT2D eigenvalue weighted by Crippen LogP contribution is -2.06. The lowest BCUT2D eigenvalue weighted by Gasteiger charge is -2.04. The van der Waals surface area contributed by atoms with Crippen molar-refractivity contribution in [2.24, 2.45) is 12.8 Å². The third-order valence-electron chi connectivity index (χ3n) is 4.33. The quantitative estimate of drug-likeness (QED) is 0.411. The molecule has 1 aromatic carbocycles. The van der Waals surface area contributed by atoms with Crippen LogP contribution in [0, 0.1) is 0 Å². The highest BCUT2D eigenvalue weighted by atomic mass is 16.1. The number of ketones is 1. The van der Waals surface area contributed by atoms with Crippen LogP contribution in [0.1, 0.15) is 21.6 Å². The number of hydrogen-bond donors (Lipinski definition) is 2. The molecule has 3 N–H and O–H groups in total. The largest absolute Gasteiger partial charge is 0.366 e. The van der Waals surface area contributed by atoms with Gasteiger partial charge in [-0.2, -0.15) is 0 Å². The van der Waals surface area contributed by atoms with Gasteiger partial charge in [0.05, 0.1) is 24.4 Å². The maximum atomic E-state index is 12.5. The smallest absolute Gasteiger partial charge is 0.241 e. The van der Waals surface area contributed by atoms with Crippen molar-refractivity contribution in [2.45, 2.75) is 0 Å². The number of imidazole rings is 1. The average Bonchev–Trinajstić information content (AvgIpc) is 3.31. The van der Waals surface area contributed by atoms with E-state index in [1.807, 2.05) is 12.1 Å². The molecule has 0 spiro atoms. The van der Waals surface area contributed by atoms with Crippen LogP contribution in [0.15, 0.2) is 55.3 Å². The number of carbonyl (C=O) groups is 2. The predicted octanol–water partition coefficient (Wildman–Crippen LogP) is 2.09. The molecule has 3 heterocycles. The summed E-state index contributed by atoms with van der Waals surface area (Å²) in [7, 11) is 1.78. The Morgan fingerprint density at radius 3 is 2.64 bits per heavy atom. The van der Waals surface area contributed by atoms with Crippen LogP contribution in [0.25, 0.3) is 28.5 Å². The fourth-order valence-electron chi connectivity index (χ4n) is 2.86. The molecule has 28 heavy (non-hydrogen) atoms. The molecule has 0 aliphatic heterocycles. The van der Waals surface area contributed by atoms with Crippen LogP contribution in [0.5, 0.6) is 0 Å². The van der Waals surface area contributed by atoms with Crippen molar-refractivity contribution in [3.63, 3.8) is 0 Å². The van der Waals surface area contributed by atoms with E-state index < -0.39 is 5.91 Å². The molecule has 0 saturated carbocycles. The number of aryl methyl sites for hydroxylation is 1. The zero-order valence-corrected chi connectivity index (χ0v) is 15.0. The van der Waals surface area contributed by atoms with Gasteiger partial charge in [-0.25, -0.2) is 15.0 Å². The fraction of sp³-hybridized carbons (Fsp3) is 0.0500. The number of H-pyrrole nitrogens is 1. The Morgan fingerprint density at radius 2 is 1.96 bits per heavy atom. The van der Waals surface area contributed by atoms with Crippen molar-refractivity contribution >= 4 is 28.9 Å². The first kappa shape index (κ1) is 17.3. The molecule has 0 saturated heterocycles. The summed E-state index contributed by atoms with van der Waals surface area (Å²) in [6.07, 6.45) is 9.36. The summed E-state index contributed by atoms with van der Waals surface area (Å²) in [4.78, 5) is 39.5. The van der Waals surface area contributed by atoms with E-state index in [-0.39, 0.29) is 5.78 Å². The van der Waals surface area contributed by atoms with Crippen LogP contribution in [-0.4, -0.2) is 36.2 Å². The molecule has 1 amide bonds. The van der Waals surface area contributed by atoms with Crippen molar-refractivity contribution in [3.8, 4) is 11.3 Å². The fourth-order valence-corrected chi connectivity index (χ4v) is 2.86. The van der Waals surface area contributed by atoms with Gasteiger partial charge in [0.1, 0.15) is 11.2 Å². The molecule has 0 aliphatic rings. The molecule has 0 fully saturated rings. The molecule has 0 atom stereocenters.